The fourth-order valence-corrected chi connectivity index (χ4v) is 21.8. The second kappa shape index (κ2) is 77.9. The molecule has 0 spiro atoms. The Balaban J connectivity index is -0.000000579. The smallest absolute Gasteiger partial charge is 0 e. The molecule has 3 aliphatic carbocycles. The molecule has 0 amide bonds. The molecule has 0 nitrogen and oxygen atoms in total. The van der Waals surface area contributed by atoms with E-state index in [1.54, 1.807) is 39.0 Å². The van der Waals surface area contributed by atoms with E-state index >= 15 is 0 Å². The molecule has 0 aliphatic heterocycles. The number of allylic oxidation sites excluding steroid dienone is 5. The third-order valence-electron chi connectivity index (χ3n) is 32.6. The summed E-state index contributed by atoms with van der Waals surface area (Å²) in [5, 5.41) is 0. The van der Waals surface area contributed by atoms with Crippen LogP contribution in [0.25, 0.3) is 0 Å². The standard InChI is InChI=1S/C53H100.C41H74.C12H24.C11H22.B.H3P.H2S.2H2/c1-8-10-11-12-13-14-15-16-17-18-19-20-21-22-23-24-25-26-27-28-29-30-31-32-33-34-35-36-37-38-39-40-41-42-43-44-47(3)52(9-2)45-49(5)53-46-48(4)50(6)51(53)7;1-11-13-24-37(18-12-2)25-16-26-38-34(7)35(8)40-30-41(10,29-27-39(40)36(38)9)28-17-23-33(6)22-15-21-32(5)20-14-19-31(3)4;1-7-9(3)11(5)12(6)10(4)8-2;1-5-11-7-6-8(2)9(3)10(11)4;;;;;/h49,52-53H,3-4,8-46H2,1-2,5-7H3;31-33,37H,11-30H2,1-10H3;7,9-12H,1,8H2,2-6H3;8-11H,5-7H2,1-4H3;;1H3;1H2;2*1H/t49-,52?,53+;32-,33-,37?,41-;9-,10+,11+,12+;8-,9+,10+,11-;;;;;/m0100...../s1/i;;;;;;;1+1;. The van der Waals surface area contributed by atoms with Gasteiger partial charge in [0.25, 0.3) is 0 Å². The van der Waals surface area contributed by atoms with E-state index in [1.807, 2.05) is 0 Å². The Kier molecular flexibility index (Phi) is 80.0. The molecule has 120 heavy (non-hydrogen) atoms. The van der Waals surface area contributed by atoms with Gasteiger partial charge in [-0.25, -0.2) is 0 Å². The topological polar surface area (TPSA) is 0 Å². The largest absolute Gasteiger partial charge is 0.197 e. The number of benzene rings is 1. The van der Waals surface area contributed by atoms with Gasteiger partial charge in [0.2, 0.25) is 0 Å². The van der Waals surface area contributed by atoms with Gasteiger partial charge in [-0.3, -0.25) is 0 Å². The molecule has 4 rings (SSSR count). The Morgan fingerprint density at radius 2 is 0.917 bits per heavy atom. The monoisotopic (exact) mass is 1710 g/mol. The van der Waals surface area contributed by atoms with E-state index in [2.05, 4.69) is 192 Å². The highest BCUT2D eigenvalue weighted by Gasteiger charge is 2.34. The Bertz CT molecular complexity index is 2580. The van der Waals surface area contributed by atoms with Crippen molar-refractivity contribution in [1.82, 2.24) is 0 Å². The highest BCUT2D eigenvalue weighted by molar-refractivity contribution is 7.59. The minimum atomic E-state index is 0. The molecule has 3 heteroatoms. The zero-order chi connectivity index (χ0) is 87.2. The maximum absolute atomic E-state index is 4.57. The predicted molar refractivity (Wildman–Crippen MR) is 570 cm³/mol. The summed E-state index contributed by atoms with van der Waals surface area (Å²) in [6.45, 7) is 70.1. The number of rotatable bonds is 68. The van der Waals surface area contributed by atoms with E-state index in [0.29, 0.717) is 23.2 Å². The highest BCUT2D eigenvalue weighted by atomic mass is 32.1. The first-order valence-corrected chi connectivity index (χ1v) is 53.9. The SMILES string of the molecule is C=C1C[C@H]([C@@H](C)CC(CC)C(=C)CCCCCCCCCCCCCCCCCCCCCCCCCCCCCCCCCCCCC)C(C)=C1C.C=C[C@H](C)[C@@H](C)[C@H](C)[C@H](C)CC.CCCCC(CCC)CCCc1c(C)c(C)c2c(c1C)CC[C@@](C)(CCC[C@H](C)CCC[C@H](C)CCCC(C)C)C2.CC[C@H]1CC[C@H](C)[C@@H](C)[C@H]1C.P.S.[2HH].[B].[HH]. The van der Waals surface area contributed by atoms with Crippen LogP contribution in [-0.4, -0.2) is 8.41 Å². The summed E-state index contributed by atoms with van der Waals surface area (Å²) >= 11 is 0. The van der Waals surface area contributed by atoms with Crippen molar-refractivity contribution < 1.29 is 2.85 Å². The third kappa shape index (κ3) is 55.8. The van der Waals surface area contributed by atoms with Crippen LogP contribution in [0.2, 0.25) is 0 Å². The summed E-state index contributed by atoms with van der Waals surface area (Å²) in [5.74, 6) is 12.7. The molecule has 3 aliphatic rings. The first kappa shape index (κ1) is 123. The van der Waals surface area contributed by atoms with Gasteiger partial charge in [0.05, 0.1) is 0 Å². The fraction of sp³-hybridized carbons (Fsp3) is 0.880. The van der Waals surface area contributed by atoms with Gasteiger partial charge < -0.3 is 0 Å². The molecule has 0 heterocycles. The molecular formula is C117H229BPS. The zero-order valence-electron chi connectivity index (χ0n) is 87.2. The molecule has 0 saturated heterocycles. The molecule has 0 N–H and O–H groups in total. The van der Waals surface area contributed by atoms with Gasteiger partial charge in [0.15, 0.2) is 0 Å². The van der Waals surface area contributed by atoms with Crippen LogP contribution in [0.4, 0.5) is 0 Å². The highest BCUT2D eigenvalue weighted by Crippen LogP contribution is 2.46. The van der Waals surface area contributed by atoms with Crippen molar-refractivity contribution in [2.45, 2.75) is 571 Å². The average Bonchev–Trinajstić information content (AvgIpc) is 1.15. The van der Waals surface area contributed by atoms with E-state index in [1.165, 1.54) is 421 Å². The fourth-order valence-electron chi connectivity index (χ4n) is 21.8. The van der Waals surface area contributed by atoms with E-state index in [0.717, 1.165) is 71.0 Å². The summed E-state index contributed by atoms with van der Waals surface area (Å²) in [6, 6.07) is 0. The van der Waals surface area contributed by atoms with Crippen molar-refractivity contribution in [2.75, 3.05) is 0 Å². The summed E-state index contributed by atoms with van der Waals surface area (Å²) in [7, 11) is 0. The maximum atomic E-state index is 4.57. The third-order valence-corrected chi connectivity index (χ3v) is 32.6. The molecule has 1 saturated carbocycles. The van der Waals surface area contributed by atoms with Crippen LogP contribution in [0.3, 0.4) is 0 Å². The molecule has 1 fully saturated rings. The van der Waals surface area contributed by atoms with Crippen molar-refractivity contribution in [3.63, 3.8) is 0 Å². The predicted octanol–water partition coefficient (Wildman–Crippen LogP) is 41.2. The van der Waals surface area contributed by atoms with E-state index in [9.17, 15) is 0 Å². The van der Waals surface area contributed by atoms with Crippen molar-refractivity contribution in [2.24, 2.45) is 94.2 Å². The average molecular weight is 1710 g/mol. The molecular weight excluding hydrogens is 1480 g/mol. The quantitative estimate of drug-likeness (QED) is 0.0264. The van der Waals surface area contributed by atoms with Gasteiger partial charge in [0.1, 0.15) is 0 Å². The molecule has 16 atom stereocenters. The second-order valence-electron chi connectivity index (χ2n) is 43.0. The molecule has 0 aromatic heterocycles. The number of fused-ring (bicyclic) bond motifs is 1. The minimum absolute atomic E-state index is 0. The van der Waals surface area contributed by atoms with E-state index in [4.69, 9.17) is 0 Å². The van der Waals surface area contributed by atoms with E-state index in [-0.39, 0.29) is 34.7 Å². The summed E-state index contributed by atoms with van der Waals surface area (Å²) < 4.78 is 0. The number of hydrogen-bond donors (Lipinski definition) is 0. The summed E-state index contributed by atoms with van der Waals surface area (Å²) in [6.07, 6.45) is 92.0. The molecule has 1 aromatic rings. The molecule has 3 radical (unpaired) electrons. The van der Waals surface area contributed by atoms with Gasteiger partial charge >= 0.3 is 0 Å². The van der Waals surface area contributed by atoms with Crippen molar-refractivity contribution in [1.29, 1.82) is 0 Å². The lowest BCUT2D eigenvalue weighted by molar-refractivity contribution is 0.123. The molecule has 3 unspecified atom stereocenters. The van der Waals surface area contributed by atoms with Crippen LogP contribution in [-0.2, 0) is 19.3 Å². The Labute approximate surface area is 775 Å². The summed E-state index contributed by atoms with van der Waals surface area (Å²) in [5.41, 5.74) is 16.6. The van der Waals surface area contributed by atoms with Gasteiger partial charge in [-0.1, -0.05) is 495 Å². The normalized spacial score (nSPS) is 19.9. The first-order chi connectivity index (χ1) is 56.1. The Morgan fingerprint density at radius 1 is 0.483 bits per heavy atom. The minimum Gasteiger partial charge on any atom is -0.197 e. The van der Waals surface area contributed by atoms with E-state index < -0.39 is 0 Å². The Hall–Kier alpha value is -0.975. The van der Waals surface area contributed by atoms with Crippen molar-refractivity contribution >= 4 is 31.8 Å². The first-order valence-electron chi connectivity index (χ1n) is 53.9. The van der Waals surface area contributed by atoms with Gasteiger partial charge in [-0.05, 0) is 245 Å². The lowest BCUT2D eigenvalue weighted by atomic mass is 9.67. The van der Waals surface area contributed by atoms with Crippen LogP contribution in [0.15, 0.2) is 48.1 Å². The zero-order valence-corrected chi connectivity index (χ0v) is 89.6. The lowest BCUT2D eigenvalue weighted by Crippen LogP contribution is -2.29. The second-order valence-corrected chi connectivity index (χ2v) is 43.0. The van der Waals surface area contributed by atoms with Crippen LogP contribution in [0.5, 0.6) is 0 Å². The van der Waals surface area contributed by atoms with Crippen LogP contribution < -0.4 is 0 Å². The molecule has 711 valence electrons. The number of hydrogen-bond acceptors (Lipinski definition) is 0. The van der Waals surface area contributed by atoms with Crippen LogP contribution in [0.1, 0.15) is 567 Å². The molecule has 1 aromatic carbocycles. The van der Waals surface area contributed by atoms with Crippen molar-refractivity contribution in [3.05, 3.63) is 81.5 Å². The lowest BCUT2D eigenvalue weighted by Gasteiger charge is -2.38. The van der Waals surface area contributed by atoms with Gasteiger partial charge in [0, 0.05) is 11.3 Å². The maximum Gasteiger partial charge on any atom is 0 e. The molecule has 0 bridgehead atoms. The van der Waals surface area contributed by atoms with Crippen LogP contribution >= 0.6 is 23.4 Å². The van der Waals surface area contributed by atoms with Crippen LogP contribution in [0, 0.1) is 115 Å². The Morgan fingerprint density at radius 3 is 1.32 bits per heavy atom. The van der Waals surface area contributed by atoms with Gasteiger partial charge in [-0.15, -0.1) is 6.58 Å². The summed E-state index contributed by atoms with van der Waals surface area (Å²) in [4.78, 5) is 0. The number of unbranched alkanes of at least 4 members (excludes halogenated alkanes) is 35. The van der Waals surface area contributed by atoms with Crippen molar-refractivity contribution in [3.8, 4) is 0 Å². The van der Waals surface area contributed by atoms with Gasteiger partial charge in [-0.2, -0.15) is 23.4 Å².